The van der Waals surface area contributed by atoms with Gasteiger partial charge in [0.25, 0.3) is 0 Å². The molecule has 2 rings (SSSR count). The van der Waals surface area contributed by atoms with Crippen LogP contribution in [0, 0.1) is 0 Å². The lowest BCUT2D eigenvalue weighted by atomic mass is 10.2. The number of hydrogen-bond donors (Lipinski definition) is 2. The lowest BCUT2D eigenvalue weighted by Crippen LogP contribution is -2.35. The number of thiocarbonyl (C=S) groups is 1. The number of rotatable bonds is 5. The summed E-state index contributed by atoms with van der Waals surface area (Å²) >= 11 is 23.5. The smallest absolute Gasteiger partial charge is 0.173 e. The molecule has 0 saturated carbocycles. The maximum atomic E-state index is 6.20. The van der Waals surface area contributed by atoms with Crippen LogP contribution in [-0.2, 0) is 6.54 Å². The second-order valence-corrected chi connectivity index (χ2v) is 6.83. The van der Waals surface area contributed by atoms with E-state index in [9.17, 15) is 0 Å². The van der Waals surface area contributed by atoms with Gasteiger partial charge in [0.05, 0.1) is 6.54 Å². The summed E-state index contributed by atoms with van der Waals surface area (Å²) < 4.78 is 1.70. The van der Waals surface area contributed by atoms with Crippen LogP contribution in [0.5, 0.6) is 0 Å². The monoisotopic (exact) mass is 390 g/mol. The molecule has 23 heavy (non-hydrogen) atoms. The van der Waals surface area contributed by atoms with E-state index in [1.165, 1.54) is 0 Å². The molecule has 0 aliphatic rings. The molecule has 0 bridgehead atoms. The Balaban J connectivity index is 2.07. The maximum Gasteiger partial charge on any atom is 0.173 e. The van der Waals surface area contributed by atoms with E-state index in [0.717, 1.165) is 12.0 Å². The van der Waals surface area contributed by atoms with Gasteiger partial charge in [-0.15, -0.1) is 0 Å². The van der Waals surface area contributed by atoms with E-state index in [1.807, 2.05) is 6.07 Å². The van der Waals surface area contributed by atoms with Crippen LogP contribution < -0.4 is 10.6 Å². The summed E-state index contributed by atoms with van der Waals surface area (Å²) in [5.74, 6) is 0.512. The first-order valence-corrected chi connectivity index (χ1v) is 8.67. The maximum absolute atomic E-state index is 6.20. The summed E-state index contributed by atoms with van der Waals surface area (Å²) in [6.45, 7) is 4.62. The average molecular weight is 392 g/mol. The molecule has 1 aromatic heterocycles. The zero-order chi connectivity index (χ0) is 17.0. The highest BCUT2D eigenvalue weighted by molar-refractivity contribution is 7.80. The van der Waals surface area contributed by atoms with Crippen molar-refractivity contribution in [1.29, 1.82) is 0 Å². The number of aromatic nitrogens is 2. The zero-order valence-electron chi connectivity index (χ0n) is 12.7. The molecule has 0 spiro atoms. The fourth-order valence-electron chi connectivity index (χ4n) is 1.86. The van der Waals surface area contributed by atoms with Gasteiger partial charge in [0.15, 0.2) is 10.9 Å². The fourth-order valence-corrected chi connectivity index (χ4v) is 2.82. The van der Waals surface area contributed by atoms with Crippen LogP contribution in [0.4, 0.5) is 5.82 Å². The molecule has 8 heteroatoms. The Labute approximate surface area is 156 Å². The first kappa shape index (κ1) is 18.3. The number of hydrogen-bond acceptors (Lipinski definition) is 2. The van der Waals surface area contributed by atoms with E-state index in [1.54, 1.807) is 23.0 Å². The molecule has 4 nitrogen and oxygen atoms in total. The van der Waals surface area contributed by atoms with Crippen molar-refractivity contribution in [3.63, 3.8) is 0 Å². The quantitative estimate of drug-likeness (QED) is 0.706. The van der Waals surface area contributed by atoms with Gasteiger partial charge in [-0.1, -0.05) is 47.8 Å². The third-order valence-corrected chi connectivity index (χ3v) is 4.37. The molecular formula is C15H17Cl3N4S. The Morgan fingerprint density at radius 1 is 1.30 bits per heavy atom. The number of halogens is 3. The third-order valence-electron chi connectivity index (χ3n) is 3.29. The minimum absolute atomic E-state index is 0.281. The van der Waals surface area contributed by atoms with E-state index in [-0.39, 0.29) is 6.04 Å². The molecule has 0 radical (unpaired) electrons. The number of nitrogens with zero attached hydrogens (tertiary/aromatic N) is 2. The standard InChI is InChI=1S/C15H17Cl3N4S/c1-3-9(2)19-15(23)20-14-13(18)8-22(21-14)7-10-4-5-11(16)6-12(10)17/h4-6,8-9H,3,7H2,1-2H3,(H2,19,20,21,23). The van der Waals surface area contributed by atoms with E-state index < -0.39 is 0 Å². The lowest BCUT2D eigenvalue weighted by Gasteiger charge is -2.14. The van der Waals surface area contributed by atoms with Gasteiger partial charge in [-0.05, 0) is 43.3 Å². The Hall–Kier alpha value is -1.01. The van der Waals surface area contributed by atoms with Crippen LogP contribution in [-0.4, -0.2) is 20.9 Å². The molecule has 1 heterocycles. The molecule has 0 saturated heterocycles. The van der Waals surface area contributed by atoms with Crippen molar-refractivity contribution in [1.82, 2.24) is 15.1 Å². The molecule has 1 aromatic carbocycles. The summed E-state index contributed by atoms with van der Waals surface area (Å²) in [6.07, 6.45) is 2.69. The van der Waals surface area contributed by atoms with Crippen LogP contribution in [0.25, 0.3) is 0 Å². The Kier molecular flexibility index (Phi) is 6.53. The van der Waals surface area contributed by atoms with Gasteiger partial charge in [-0.3, -0.25) is 4.68 Å². The van der Waals surface area contributed by atoms with Gasteiger partial charge in [0.2, 0.25) is 0 Å². The summed E-state index contributed by atoms with van der Waals surface area (Å²) in [7, 11) is 0. The first-order chi connectivity index (χ1) is 10.9. The largest absolute Gasteiger partial charge is 0.360 e. The van der Waals surface area contributed by atoms with Gasteiger partial charge in [0, 0.05) is 22.3 Å². The minimum Gasteiger partial charge on any atom is -0.360 e. The Morgan fingerprint density at radius 2 is 2.04 bits per heavy atom. The highest BCUT2D eigenvalue weighted by Gasteiger charge is 2.11. The molecule has 0 fully saturated rings. The molecule has 2 aromatic rings. The molecule has 124 valence electrons. The third kappa shape index (κ3) is 5.24. The van der Waals surface area contributed by atoms with E-state index in [2.05, 4.69) is 29.6 Å². The second kappa shape index (κ2) is 8.20. The van der Waals surface area contributed by atoms with Crippen LogP contribution >= 0.6 is 47.0 Å². The van der Waals surface area contributed by atoms with Gasteiger partial charge < -0.3 is 10.6 Å². The minimum atomic E-state index is 0.281. The van der Waals surface area contributed by atoms with Gasteiger partial charge in [-0.25, -0.2) is 0 Å². The van der Waals surface area contributed by atoms with Crippen LogP contribution in [0.1, 0.15) is 25.8 Å². The van der Waals surface area contributed by atoms with E-state index >= 15 is 0 Å². The molecule has 1 atom stereocenters. The van der Waals surface area contributed by atoms with E-state index in [4.69, 9.17) is 47.0 Å². The van der Waals surface area contributed by atoms with Gasteiger partial charge in [0.1, 0.15) is 5.02 Å². The Bertz CT molecular complexity index is 702. The predicted molar refractivity (Wildman–Crippen MR) is 102 cm³/mol. The molecule has 0 amide bonds. The number of benzene rings is 1. The van der Waals surface area contributed by atoms with E-state index in [0.29, 0.717) is 32.5 Å². The lowest BCUT2D eigenvalue weighted by molar-refractivity contribution is 0.645. The first-order valence-electron chi connectivity index (χ1n) is 7.13. The number of nitrogens with one attached hydrogen (secondary N) is 2. The van der Waals surface area contributed by atoms with Crippen LogP contribution in [0.3, 0.4) is 0 Å². The van der Waals surface area contributed by atoms with Crippen molar-refractivity contribution in [2.45, 2.75) is 32.9 Å². The van der Waals surface area contributed by atoms with Crippen molar-refractivity contribution in [3.8, 4) is 0 Å². The SMILES string of the molecule is CCC(C)NC(=S)Nc1nn(Cc2ccc(Cl)cc2Cl)cc1Cl. The average Bonchev–Trinajstić information content (AvgIpc) is 2.81. The number of anilines is 1. The summed E-state index contributed by atoms with van der Waals surface area (Å²) in [6, 6.07) is 5.64. The summed E-state index contributed by atoms with van der Waals surface area (Å²) in [5, 5.41) is 12.7. The second-order valence-electron chi connectivity index (χ2n) is 5.17. The van der Waals surface area contributed by atoms with Gasteiger partial charge in [-0.2, -0.15) is 5.10 Å². The van der Waals surface area contributed by atoms with Crippen molar-refractivity contribution >= 4 is 58.0 Å². The van der Waals surface area contributed by atoms with Crippen molar-refractivity contribution in [2.75, 3.05) is 5.32 Å². The Morgan fingerprint density at radius 3 is 2.70 bits per heavy atom. The van der Waals surface area contributed by atoms with Crippen LogP contribution in [0.15, 0.2) is 24.4 Å². The topological polar surface area (TPSA) is 41.9 Å². The molecule has 1 unspecified atom stereocenters. The molecule has 2 N–H and O–H groups in total. The van der Waals surface area contributed by atoms with Crippen molar-refractivity contribution < 1.29 is 0 Å². The molecule has 0 aliphatic heterocycles. The summed E-state index contributed by atoms with van der Waals surface area (Å²) in [5.41, 5.74) is 0.905. The fraction of sp³-hybridized carbons (Fsp3) is 0.333. The predicted octanol–water partition coefficient (Wildman–Crippen LogP) is 4.98. The highest BCUT2D eigenvalue weighted by Crippen LogP contribution is 2.24. The zero-order valence-corrected chi connectivity index (χ0v) is 15.8. The highest BCUT2D eigenvalue weighted by atomic mass is 35.5. The molecular weight excluding hydrogens is 375 g/mol. The van der Waals surface area contributed by atoms with Gasteiger partial charge >= 0.3 is 0 Å². The van der Waals surface area contributed by atoms with Crippen molar-refractivity contribution in [3.05, 3.63) is 45.0 Å². The normalized spacial score (nSPS) is 12.0. The van der Waals surface area contributed by atoms with Crippen molar-refractivity contribution in [2.24, 2.45) is 0 Å². The van der Waals surface area contributed by atoms with Crippen LogP contribution in [0.2, 0.25) is 15.1 Å². The summed E-state index contributed by atoms with van der Waals surface area (Å²) in [4.78, 5) is 0. The molecule has 0 aliphatic carbocycles.